The van der Waals surface area contributed by atoms with Gasteiger partial charge < -0.3 is 4.74 Å². The van der Waals surface area contributed by atoms with Crippen molar-refractivity contribution in [1.82, 2.24) is 0 Å². The zero-order valence-electron chi connectivity index (χ0n) is 8.77. The summed E-state index contributed by atoms with van der Waals surface area (Å²) in [6.07, 6.45) is 0.975. The minimum Gasteiger partial charge on any atom is -0.472 e. The van der Waals surface area contributed by atoms with Crippen molar-refractivity contribution in [3.63, 3.8) is 0 Å². The first-order chi connectivity index (χ1) is 7.60. The largest absolute Gasteiger partial charge is 0.472 e. The quantitative estimate of drug-likeness (QED) is 0.563. The maximum absolute atomic E-state index is 10.6. The molecule has 0 fully saturated rings. The molecule has 0 amide bonds. The van der Waals surface area contributed by atoms with Crippen LogP contribution in [0, 0.1) is 21.4 Å². The maximum Gasteiger partial charge on any atom is 0.269 e. The van der Waals surface area contributed by atoms with Crippen LogP contribution in [0.1, 0.15) is 18.9 Å². The third-order valence-electron chi connectivity index (χ3n) is 2.81. The van der Waals surface area contributed by atoms with E-state index >= 15 is 0 Å². The van der Waals surface area contributed by atoms with Crippen LogP contribution in [-0.4, -0.2) is 10.5 Å². The van der Waals surface area contributed by atoms with E-state index in [1.54, 1.807) is 6.07 Å². The topological polar surface area (TPSA) is 76.2 Å². The van der Waals surface area contributed by atoms with Crippen molar-refractivity contribution < 1.29 is 9.66 Å². The molecule has 1 unspecified atom stereocenters. The molecule has 1 aromatic carbocycles. The van der Waals surface area contributed by atoms with Gasteiger partial charge in [0.2, 0.25) is 0 Å². The van der Waals surface area contributed by atoms with E-state index in [0.29, 0.717) is 18.6 Å². The Morgan fingerprint density at radius 1 is 1.69 bits per heavy atom. The Bertz CT molecular complexity index is 492. The lowest BCUT2D eigenvalue weighted by atomic mass is 9.96. The number of non-ortho nitro benzene ring substituents is 1. The van der Waals surface area contributed by atoms with E-state index < -0.39 is 10.5 Å². The Morgan fingerprint density at radius 2 is 2.44 bits per heavy atom. The van der Waals surface area contributed by atoms with E-state index in [2.05, 4.69) is 6.07 Å². The summed E-state index contributed by atoms with van der Waals surface area (Å²) in [4.78, 5) is 10.2. The van der Waals surface area contributed by atoms with Crippen LogP contribution in [0.4, 0.5) is 5.69 Å². The lowest BCUT2D eigenvalue weighted by Gasteiger charge is -2.17. The number of nitriles is 1. The molecule has 0 radical (unpaired) electrons. The van der Waals surface area contributed by atoms with E-state index in [0.717, 1.165) is 5.56 Å². The average molecular weight is 218 g/mol. The van der Waals surface area contributed by atoms with Gasteiger partial charge in [-0.3, -0.25) is 10.1 Å². The summed E-state index contributed by atoms with van der Waals surface area (Å²) in [7, 11) is 0. The van der Waals surface area contributed by atoms with Crippen molar-refractivity contribution in [3.05, 3.63) is 33.9 Å². The molecule has 1 aliphatic rings. The van der Waals surface area contributed by atoms with Crippen molar-refractivity contribution in [3.8, 4) is 11.8 Å². The summed E-state index contributed by atoms with van der Waals surface area (Å²) in [5, 5.41) is 19.7. The van der Waals surface area contributed by atoms with Gasteiger partial charge in [-0.15, -0.1) is 0 Å². The molecule has 0 aliphatic carbocycles. The molecule has 1 aromatic rings. The van der Waals surface area contributed by atoms with Crippen molar-refractivity contribution in [2.45, 2.75) is 25.4 Å². The molecule has 5 heteroatoms. The van der Waals surface area contributed by atoms with E-state index in [1.165, 1.54) is 12.1 Å². The summed E-state index contributed by atoms with van der Waals surface area (Å²) in [6.45, 7) is 1.86. The number of hydrogen-bond donors (Lipinski definition) is 0. The highest BCUT2D eigenvalue weighted by Crippen LogP contribution is 2.38. The van der Waals surface area contributed by atoms with Crippen LogP contribution in [0.5, 0.6) is 5.75 Å². The van der Waals surface area contributed by atoms with Crippen LogP contribution in [0.25, 0.3) is 0 Å². The SMILES string of the molecule is CCC1(C#N)Cc2cc([N+](=O)[O-])ccc2O1. The van der Waals surface area contributed by atoms with Gasteiger partial charge in [-0.05, 0) is 12.5 Å². The Kier molecular flexibility index (Phi) is 2.27. The fourth-order valence-corrected chi connectivity index (χ4v) is 1.81. The molecule has 1 aliphatic heterocycles. The highest BCUT2D eigenvalue weighted by atomic mass is 16.6. The zero-order chi connectivity index (χ0) is 11.8. The first-order valence-corrected chi connectivity index (χ1v) is 4.98. The molecule has 0 N–H and O–H groups in total. The molecule has 0 aromatic heterocycles. The normalized spacial score (nSPS) is 22.0. The molecule has 2 rings (SSSR count). The molecule has 5 nitrogen and oxygen atoms in total. The molecule has 82 valence electrons. The van der Waals surface area contributed by atoms with Gasteiger partial charge in [-0.2, -0.15) is 5.26 Å². The van der Waals surface area contributed by atoms with Gasteiger partial charge in [0.1, 0.15) is 11.8 Å². The monoisotopic (exact) mass is 218 g/mol. The number of nitrogens with zero attached hydrogens (tertiary/aromatic N) is 2. The smallest absolute Gasteiger partial charge is 0.269 e. The Balaban J connectivity index is 2.39. The molecule has 1 atom stereocenters. The van der Waals surface area contributed by atoms with Crippen LogP contribution in [-0.2, 0) is 6.42 Å². The van der Waals surface area contributed by atoms with Crippen molar-refractivity contribution in [2.24, 2.45) is 0 Å². The lowest BCUT2D eigenvalue weighted by molar-refractivity contribution is -0.384. The Hall–Kier alpha value is -2.09. The minimum absolute atomic E-state index is 0.0344. The van der Waals surface area contributed by atoms with Crippen LogP contribution in [0.3, 0.4) is 0 Å². The predicted molar refractivity (Wildman–Crippen MR) is 56.1 cm³/mol. The van der Waals surface area contributed by atoms with E-state index in [1.807, 2.05) is 6.92 Å². The highest BCUT2D eigenvalue weighted by molar-refractivity contribution is 5.48. The van der Waals surface area contributed by atoms with Gasteiger partial charge >= 0.3 is 0 Å². The molecule has 0 saturated carbocycles. The maximum atomic E-state index is 10.6. The molecule has 0 bridgehead atoms. The summed E-state index contributed by atoms with van der Waals surface area (Å²) < 4.78 is 5.54. The number of benzene rings is 1. The van der Waals surface area contributed by atoms with E-state index in [9.17, 15) is 10.1 Å². The van der Waals surface area contributed by atoms with Crippen LogP contribution in [0.2, 0.25) is 0 Å². The first-order valence-electron chi connectivity index (χ1n) is 4.98. The number of rotatable bonds is 2. The molecule has 0 saturated heterocycles. The highest BCUT2D eigenvalue weighted by Gasteiger charge is 2.38. The molecule has 16 heavy (non-hydrogen) atoms. The van der Waals surface area contributed by atoms with Gasteiger partial charge in [-0.25, -0.2) is 0 Å². The minimum atomic E-state index is -0.850. The standard InChI is InChI=1S/C11H10N2O3/c1-2-11(7-12)6-8-5-9(13(14)15)3-4-10(8)16-11/h3-5H,2,6H2,1H3. The molecule has 1 heterocycles. The first kappa shape index (κ1) is 10.4. The van der Waals surface area contributed by atoms with Crippen molar-refractivity contribution in [2.75, 3.05) is 0 Å². The lowest BCUT2D eigenvalue weighted by Crippen LogP contribution is -2.31. The Morgan fingerprint density at radius 3 is 3.00 bits per heavy atom. The number of fused-ring (bicyclic) bond motifs is 1. The van der Waals surface area contributed by atoms with E-state index in [-0.39, 0.29) is 5.69 Å². The second-order valence-corrected chi connectivity index (χ2v) is 3.79. The van der Waals surface area contributed by atoms with Gasteiger partial charge in [0, 0.05) is 24.1 Å². The van der Waals surface area contributed by atoms with Gasteiger partial charge in [0.15, 0.2) is 5.60 Å². The van der Waals surface area contributed by atoms with Crippen LogP contribution in [0.15, 0.2) is 18.2 Å². The van der Waals surface area contributed by atoms with Crippen LogP contribution >= 0.6 is 0 Å². The van der Waals surface area contributed by atoms with Crippen LogP contribution < -0.4 is 4.74 Å². The molecular formula is C11H10N2O3. The third-order valence-corrected chi connectivity index (χ3v) is 2.81. The number of nitro benzene ring substituents is 1. The third kappa shape index (κ3) is 1.48. The second kappa shape index (κ2) is 3.49. The number of hydrogen-bond acceptors (Lipinski definition) is 4. The molecule has 0 spiro atoms. The Labute approximate surface area is 92.4 Å². The summed E-state index contributed by atoms with van der Waals surface area (Å²) >= 11 is 0. The fourth-order valence-electron chi connectivity index (χ4n) is 1.81. The van der Waals surface area contributed by atoms with Gasteiger partial charge in [-0.1, -0.05) is 6.92 Å². The van der Waals surface area contributed by atoms with Crippen molar-refractivity contribution in [1.29, 1.82) is 5.26 Å². The summed E-state index contributed by atoms with van der Waals surface area (Å²) in [5.74, 6) is 0.578. The van der Waals surface area contributed by atoms with Crippen molar-refractivity contribution >= 4 is 5.69 Å². The van der Waals surface area contributed by atoms with E-state index in [4.69, 9.17) is 10.00 Å². The fraction of sp³-hybridized carbons (Fsp3) is 0.364. The zero-order valence-corrected chi connectivity index (χ0v) is 8.77. The van der Waals surface area contributed by atoms with Gasteiger partial charge in [0.05, 0.1) is 4.92 Å². The second-order valence-electron chi connectivity index (χ2n) is 3.79. The van der Waals surface area contributed by atoms with Gasteiger partial charge in [0.25, 0.3) is 5.69 Å². The summed E-state index contributed by atoms with van der Waals surface area (Å²) in [6, 6.07) is 6.56. The average Bonchev–Trinajstić information content (AvgIpc) is 2.67. The molecular weight excluding hydrogens is 208 g/mol. The number of ether oxygens (including phenoxy) is 1. The summed E-state index contributed by atoms with van der Waals surface area (Å²) in [5.41, 5.74) is -0.0813. The number of nitro groups is 1. The predicted octanol–water partition coefficient (Wildman–Crippen LogP) is 2.20.